The smallest absolute Gasteiger partial charge is 0.161 e. The van der Waals surface area contributed by atoms with E-state index in [2.05, 4.69) is 16.4 Å². The highest BCUT2D eigenvalue weighted by atomic mass is 16.5. The number of hydrogen-bond donors (Lipinski definition) is 1. The molecular formula is C15H19N3O2. The first-order valence-electron chi connectivity index (χ1n) is 6.88. The Bertz CT molecular complexity index is 580. The summed E-state index contributed by atoms with van der Waals surface area (Å²) in [5.74, 6) is 2.72. The van der Waals surface area contributed by atoms with E-state index in [1.165, 1.54) is 5.56 Å². The number of ether oxygens (including phenoxy) is 2. The lowest BCUT2D eigenvalue weighted by molar-refractivity contribution is 0.297. The molecule has 0 unspecified atom stereocenters. The largest absolute Gasteiger partial charge is 0.490 e. The molecule has 0 bridgehead atoms. The number of aromatic nitrogens is 2. The van der Waals surface area contributed by atoms with Crippen LogP contribution in [0.4, 0.5) is 0 Å². The summed E-state index contributed by atoms with van der Waals surface area (Å²) >= 11 is 0. The van der Waals surface area contributed by atoms with Gasteiger partial charge in [-0.25, -0.2) is 4.98 Å². The van der Waals surface area contributed by atoms with Crippen molar-refractivity contribution in [3.05, 3.63) is 42.0 Å². The fraction of sp³-hybridized carbons (Fsp3) is 0.400. The van der Waals surface area contributed by atoms with E-state index in [4.69, 9.17) is 9.47 Å². The zero-order valence-electron chi connectivity index (χ0n) is 11.6. The summed E-state index contributed by atoms with van der Waals surface area (Å²) in [7, 11) is 2.00. The first-order chi connectivity index (χ1) is 9.83. The van der Waals surface area contributed by atoms with Gasteiger partial charge in [-0.1, -0.05) is 6.07 Å². The van der Waals surface area contributed by atoms with Gasteiger partial charge in [0.15, 0.2) is 11.5 Å². The van der Waals surface area contributed by atoms with Crippen molar-refractivity contribution in [2.75, 3.05) is 13.2 Å². The van der Waals surface area contributed by atoms with Crippen molar-refractivity contribution < 1.29 is 9.47 Å². The van der Waals surface area contributed by atoms with Gasteiger partial charge in [-0.05, 0) is 17.7 Å². The maximum Gasteiger partial charge on any atom is 0.161 e. The molecule has 5 heteroatoms. The highest BCUT2D eigenvalue weighted by Gasteiger charge is 2.10. The van der Waals surface area contributed by atoms with E-state index in [1.54, 1.807) is 0 Å². The van der Waals surface area contributed by atoms with Crippen LogP contribution in [0.25, 0.3) is 0 Å². The van der Waals surface area contributed by atoms with Crippen LogP contribution < -0.4 is 14.8 Å². The van der Waals surface area contributed by atoms with Gasteiger partial charge in [0.25, 0.3) is 0 Å². The fourth-order valence-electron chi connectivity index (χ4n) is 2.20. The minimum absolute atomic E-state index is 0.719. The van der Waals surface area contributed by atoms with E-state index in [0.29, 0.717) is 0 Å². The molecule has 0 spiro atoms. The standard InChI is InChI=1S/C15H19N3O2/c1-18-6-5-17-15(18)11-16-10-12-3-4-13-14(9-12)20-8-2-7-19-13/h3-6,9,16H,2,7-8,10-11H2,1H3. The highest BCUT2D eigenvalue weighted by molar-refractivity contribution is 5.43. The maximum atomic E-state index is 5.69. The van der Waals surface area contributed by atoms with Gasteiger partial charge in [0.05, 0.1) is 19.8 Å². The number of fused-ring (bicyclic) bond motifs is 1. The van der Waals surface area contributed by atoms with E-state index in [0.717, 1.165) is 50.0 Å². The van der Waals surface area contributed by atoms with Gasteiger partial charge < -0.3 is 19.4 Å². The first-order valence-corrected chi connectivity index (χ1v) is 6.88. The monoisotopic (exact) mass is 273 g/mol. The number of nitrogens with zero attached hydrogens (tertiary/aromatic N) is 2. The van der Waals surface area contributed by atoms with Crippen LogP contribution in [-0.2, 0) is 20.1 Å². The zero-order valence-corrected chi connectivity index (χ0v) is 11.6. The van der Waals surface area contributed by atoms with Crippen LogP contribution in [0.5, 0.6) is 11.5 Å². The Kier molecular flexibility index (Phi) is 3.87. The third-order valence-electron chi connectivity index (χ3n) is 3.35. The fourth-order valence-corrected chi connectivity index (χ4v) is 2.20. The number of hydrogen-bond acceptors (Lipinski definition) is 4. The second kappa shape index (κ2) is 5.96. The van der Waals surface area contributed by atoms with Crippen molar-refractivity contribution in [3.63, 3.8) is 0 Å². The molecule has 1 aliphatic rings. The van der Waals surface area contributed by atoms with Gasteiger partial charge in [-0.3, -0.25) is 0 Å². The van der Waals surface area contributed by atoms with Crippen molar-refractivity contribution in [1.29, 1.82) is 0 Å². The molecule has 0 radical (unpaired) electrons. The van der Waals surface area contributed by atoms with Crippen LogP contribution in [0.3, 0.4) is 0 Å². The molecule has 106 valence electrons. The molecular weight excluding hydrogens is 254 g/mol. The average Bonchev–Trinajstić information content (AvgIpc) is 2.73. The molecule has 0 atom stereocenters. The Hall–Kier alpha value is -2.01. The van der Waals surface area contributed by atoms with E-state index in [1.807, 2.05) is 36.1 Å². The summed E-state index contributed by atoms with van der Waals surface area (Å²) < 4.78 is 13.3. The summed E-state index contributed by atoms with van der Waals surface area (Å²) in [6.45, 7) is 2.97. The first kappa shape index (κ1) is 13.0. The van der Waals surface area contributed by atoms with E-state index < -0.39 is 0 Å². The molecule has 0 aliphatic carbocycles. The van der Waals surface area contributed by atoms with Gasteiger partial charge in [0, 0.05) is 32.4 Å². The number of benzene rings is 1. The number of aryl methyl sites for hydroxylation is 1. The number of imidazole rings is 1. The number of rotatable bonds is 4. The molecule has 1 aromatic heterocycles. The van der Waals surface area contributed by atoms with Crippen molar-refractivity contribution in [2.24, 2.45) is 7.05 Å². The van der Waals surface area contributed by atoms with Gasteiger partial charge in [-0.15, -0.1) is 0 Å². The molecule has 0 saturated heterocycles. The van der Waals surface area contributed by atoms with Crippen LogP contribution in [0.1, 0.15) is 17.8 Å². The predicted molar refractivity (Wildman–Crippen MR) is 75.8 cm³/mol. The van der Waals surface area contributed by atoms with E-state index in [9.17, 15) is 0 Å². The Morgan fingerprint density at radius 2 is 2.05 bits per heavy atom. The molecule has 0 saturated carbocycles. The van der Waals surface area contributed by atoms with Crippen LogP contribution in [0, 0.1) is 0 Å². The Balaban J connectivity index is 1.60. The Morgan fingerprint density at radius 1 is 1.20 bits per heavy atom. The number of nitrogens with one attached hydrogen (secondary N) is 1. The molecule has 2 heterocycles. The van der Waals surface area contributed by atoms with E-state index >= 15 is 0 Å². The minimum Gasteiger partial charge on any atom is -0.490 e. The summed E-state index contributed by atoms with van der Waals surface area (Å²) in [6, 6.07) is 6.10. The molecule has 5 nitrogen and oxygen atoms in total. The van der Waals surface area contributed by atoms with Crippen molar-refractivity contribution in [1.82, 2.24) is 14.9 Å². The predicted octanol–water partition coefficient (Wildman–Crippen LogP) is 1.87. The SMILES string of the molecule is Cn1ccnc1CNCc1ccc2c(c1)OCCCO2. The minimum atomic E-state index is 0.719. The third-order valence-corrected chi connectivity index (χ3v) is 3.35. The lowest BCUT2D eigenvalue weighted by atomic mass is 10.2. The summed E-state index contributed by atoms with van der Waals surface area (Å²) in [6.07, 6.45) is 4.69. The van der Waals surface area contributed by atoms with E-state index in [-0.39, 0.29) is 0 Å². The zero-order chi connectivity index (χ0) is 13.8. The Labute approximate surface area is 118 Å². The third kappa shape index (κ3) is 2.93. The summed E-state index contributed by atoms with van der Waals surface area (Å²) in [4.78, 5) is 4.29. The topological polar surface area (TPSA) is 48.3 Å². The van der Waals surface area contributed by atoms with Crippen molar-refractivity contribution >= 4 is 0 Å². The van der Waals surface area contributed by atoms with Crippen LogP contribution >= 0.6 is 0 Å². The molecule has 20 heavy (non-hydrogen) atoms. The van der Waals surface area contributed by atoms with Gasteiger partial charge in [0.1, 0.15) is 5.82 Å². The molecule has 2 aromatic rings. The lowest BCUT2D eigenvalue weighted by Crippen LogP contribution is -2.15. The van der Waals surface area contributed by atoms with Crippen molar-refractivity contribution in [3.8, 4) is 11.5 Å². The summed E-state index contributed by atoms with van der Waals surface area (Å²) in [5.41, 5.74) is 1.18. The highest BCUT2D eigenvalue weighted by Crippen LogP contribution is 2.30. The molecule has 0 fully saturated rings. The lowest BCUT2D eigenvalue weighted by Gasteiger charge is -2.10. The average molecular weight is 273 g/mol. The molecule has 3 rings (SSSR count). The van der Waals surface area contributed by atoms with Crippen LogP contribution in [0.2, 0.25) is 0 Å². The van der Waals surface area contributed by atoms with Gasteiger partial charge in [0.2, 0.25) is 0 Å². The maximum absolute atomic E-state index is 5.69. The van der Waals surface area contributed by atoms with Crippen molar-refractivity contribution in [2.45, 2.75) is 19.5 Å². The molecule has 0 amide bonds. The van der Waals surface area contributed by atoms with Gasteiger partial charge >= 0.3 is 0 Å². The second-order valence-electron chi connectivity index (χ2n) is 4.89. The molecule has 1 N–H and O–H groups in total. The van der Waals surface area contributed by atoms with Crippen LogP contribution in [0.15, 0.2) is 30.6 Å². The van der Waals surface area contributed by atoms with Gasteiger partial charge in [-0.2, -0.15) is 0 Å². The normalized spacial score (nSPS) is 14.1. The second-order valence-corrected chi connectivity index (χ2v) is 4.89. The summed E-state index contributed by atoms with van der Waals surface area (Å²) in [5, 5.41) is 3.39. The molecule has 1 aliphatic heterocycles. The quantitative estimate of drug-likeness (QED) is 0.924. The Morgan fingerprint density at radius 3 is 2.85 bits per heavy atom. The van der Waals surface area contributed by atoms with Crippen LogP contribution in [-0.4, -0.2) is 22.8 Å². The molecule has 1 aromatic carbocycles.